The van der Waals surface area contributed by atoms with Crippen molar-refractivity contribution in [1.29, 1.82) is 5.26 Å². The molecule has 0 radical (unpaired) electrons. The fourth-order valence-electron chi connectivity index (χ4n) is 1.91. The van der Waals surface area contributed by atoms with Crippen molar-refractivity contribution in [3.05, 3.63) is 35.4 Å². The topological polar surface area (TPSA) is 35.8 Å². The first-order valence-corrected chi connectivity index (χ1v) is 7.98. The summed E-state index contributed by atoms with van der Waals surface area (Å²) in [7, 11) is 1.86. The predicted molar refractivity (Wildman–Crippen MR) is 84.3 cm³/mol. The van der Waals surface area contributed by atoms with Crippen molar-refractivity contribution in [3.63, 3.8) is 0 Å². The van der Waals surface area contributed by atoms with Crippen molar-refractivity contribution in [1.82, 2.24) is 5.32 Å². The van der Waals surface area contributed by atoms with Crippen LogP contribution < -0.4 is 5.32 Å². The minimum absolute atomic E-state index is 0.360. The van der Waals surface area contributed by atoms with E-state index >= 15 is 0 Å². The maximum atomic E-state index is 9.04. The average molecular weight is 276 g/mol. The third-order valence-electron chi connectivity index (χ3n) is 3.37. The molecule has 1 aromatic carbocycles. The van der Waals surface area contributed by atoms with E-state index in [2.05, 4.69) is 42.6 Å². The Morgan fingerprint density at radius 3 is 2.79 bits per heavy atom. The smallest absolute Gasteiger partial charge is 0.103 e. The Bertz CT molecular complexity index is 425. The molecule has 0 spiro atoms. The van der Waals surface area contributed by atoms with E-state index in [9.17, 15) is 0 Å². The molecule has 2 nitrogen and oxygen atoms in total. The minimum atomic E-state index is -0.360. The lowest BCUT2D eigenvalue weighted by Crippen LogP contribution is -2.37. The van der Waals surface area contributed by atoms with E-state index in [0.717, 1.165) is 18.6 Å². The van der Waals surface area contributed by atoms with Crippen LogP contribution in [0.2, 0.25) is 0 Å². The van der Waals surface area contributed by atoms with Crippen LogP contribution in [0, 0.1) is 18.3 Å². The number of hydrogen-bond acceptors (Lipinski definition) is 3. The Hall–Kier alpha value is -0.980. The third-order valence-corrected chi connectivity index (χ3v) is 4.48. The molecular formula is C16H24N2S. The molecule has 3 heteroatoms. The van der Waals surface area contributed by atoms with Gasteiger partial charge in [0.25, 0.3) is 0 Å². The molecule has 1 N–H and O–H groups in total. The average Bonchev–Trinajstić information content (AvgIpc) is 2.42. The van der Waals surface area contributed by atoms with Gasteiger partial charge in [0.15, 0.2) is 0 Å². The molecule has 0 heterocycles. The Morgan fingerprint density at radius 1 is 1.37 bits per heavy atom. The first-order valence-electron chi connectivity index (χ1n) is 6.83. The van der Waals surface area contributed by atoms with Crippen molar-refractivity contribution in [2.24, 2.45) is 0 Å². The van der Waals surface area contributed by atoms with Gasteiger partial charge in [0.1, 0.15) is 5.54 Å². The molecule has 19 heavy (non-hydrogen) atoms. The summed E-state index contributed by atoms with van der Waals surface area (Å²) < 4.78 is 0. The van der Waals surface area contributed by atoms with Crippen molar-refractivity contribution < 1.29 is 0 Å². The van der Waals surface area contributed by atoms with Gasteiger partial charge in [0.05, 0.1) is 6.07 Å². The number of aryl methyl sites for hydroxylation is 1. The number of nitrogens with zero attached hydrogens (tertiary/aromatic N) is 1. The monoisotopic (exact) mass is 276 g/mol. The Kier molecular flexibility index (Phi) is 6.97. The molecule has 0 fully saturated rings. The van der Waals surface area contributed by atoms with Gasteiger partial charge >= 0.3 is 0 Å². The van der Waals surface area contributed by atoms with Crippen molar-refractivity contribution in [2.75, 3.05) is 12.8 Å². The van der Waals surface area contributed by atoms with Crippen LogP contribution in [0.5, 0.6) is 0 Å². The van der Waals surface area contributed by atoms with E-state index in [4.69, 9.17) is 5.26 Å². The summed E-state index contributed by atoms with van der Waals surface area (Å²) in [6, 6.07) is 11.0. The summed E-state index contributed by atoms with van der Waals surface area (Å²) >= 11 is 1.98. The van der Waals surface area contributed by atoms with Gasteiger partial charge in [0, 0.05) is 5.75 Å². The Labute approximate surface area is 121 Å². The van der Waals surface area contributed by atoms with Crippen LogP contribution in [-0.2, 0) is 5.75 Å². The first-order chi connectivity index (χ1) is 9.09. The molecule has 0 aliphatic heterocycles. The molecule has 0 aromatic heterocycles. The molecule has 0 aliphatic carbocycles. The normalized spacial score (nSPS) is 13.8. The number of benzene rings is 1. The Morgan fingerprint density at radius 2 is 2.16 bits per heavy atom. The second-order valence-electron chi connectivity index (χ2n) is 5.19. The molecule has 104 valence electrons. The molecule has 0 bridgehead atoms. The highest BCUT2D eigenvalue weighted by atomic mass is 32.2. The van der Waals surface area contributed by atoms with Gasteiger partial charge in [-0.2, -0.15) is 17.0 Å². The zero-order valence-electron chi connectivity index (χ0n) is 12.2. The van der Waals surface area contributed by atoms with Gasteiger partial charge in [-0.1, -0.05) is 29.8 Å². The van der Waals surface area contributed by atoms with Gasteiger partial charge in [-0.05, 0) is 51.5 Å². The van der Waals surface area contributed by atoms with Crippen molar-refractivity contribution in [2.45, 2.75) is 44.4 Å². The number of nitrogens with one attached hydrogen (secondary N) is 1. The maximum Gasteiger partial charge on any atom is 0.103 e. The largest absolute Gasteiger partial charge is 0.303 e. The summed E-state index contributed by atoms with van der Waals surface area (Å²) in [5.74, 6) is 2.25. The second kappa shape index (κ2) is 8.24. The quantitative estimate of drug-likeness (QED) is 0.731. The van der Waals surface area contributed by atoms with E-state index in [1.165, 1.54) is 23.3 Å². The molecule has 1 aromatic rings. The van der Waals surface area contributed by atoms with Crippen LogP contribution in [0.15, 0.2) is 24.3 Å². The van der Waals surface area contributed by atoms with Gasteiger partial charge in [-0.3, -0.25) is 0 Å². The molecule has 0 saturated heterocycles. The lowest BCUT2D eigenvalue weighted by atomic mass is 9.97. The molecule has 1 atom stereocenters. The van der Waals surface area contributed by atoms with Crippen molar-refractivity contribution in [3.8, 4) is 6.07 Å². The van der Waals surface area contributed by atoms with Crippen LogP contribution >= 0.6 is 11.8 Å². The van der Waals surface area contributed by atoms with E-state index in [-0.39, 0.29) is 5.54 Å². The van der Waals surface area contributed by atoms with Gasteiger partial charge < -0.3 is 5.32 Å². The summed E-state index contributed by atoms with van der Waals surface area (Å²) in [5, 5.41) is 12.1. The van der Waals surface area contributed by atoms with Crippen LogP contribution in [-0.4, -0.2) is 18.3 Å². The SMILES string of the molecule is CNC(C)(C#N)CCCCSCc1cccc(C)c1. The standard InChI is InChI=1S/C16H24N2S/c1-14-7-6-8-15(11-14)12-19-10-5-4-9-16(2,13-17)18-3/h6-8,11,18H,4-5,9-10,12H2,1-3H3. The van der Waals surface area contributed by atoms with E-state index < -0.39 is 0 Å². The summed E-state index contributed by atoms with van der Waals surface area (Å²) in [4.78, 5) is 0. The van der Waals surface area contributed by atoms with Gasteiger partial charge in [0.2, 0.25) is 0 Å². The highest BCUT2D eigenvalue weighted by molar-refractivity contribution is 7.98. The second-order valence-corrected chi connectivity index (χ2v) is 6.30. The summed E-state index contributed by atoms with van der Waals surface area (Å²) in [5.41, 5.74) is 2.38. The minimum Gasteiger partial charge on any atom is -0.303 e. The number of hydrogen-bond donors (Lipinski definition) is 1. The fraction of sp³-hybridized carbons (Fsp3) is 0.562. The summed E-state index contributed by atoms with van der Waals surface area (Å²) in [6.45, 7) is 4.10. The molecule has 0 amide bonds. The third kappa shape index (κ3) is 6.13. The fourth-order valence-corrected chi connectivity index (χ4v) is 2.88. The summed E-state index contributed by atoms with van der Waals surface area (Å²) in [6.07, 6.45) is 3.20. The van der Waals surface area contributed by atoms with Crippen LogP contribution in [0.3, 0.4) is 0 Å². The predicted octanol–water partition coefficient (Wildman–Crippen LogP) is 3.90. The first kappa shape index (κ1) is 16.1. The van der Waals surface area contributed by atoms with Crippen molar-refractivity contribution >= 4 is 11.8 Å². The van der Waals surface area contributed by atoms with Crippen LogP contribution in [0.25, 0.3) is 0 Å². The number of rotatable bonds is 8. The molecule has 0 aliphatic rings. The highest BCUT2D eigenvalue weighted by Crippen LogP contribution is 2.17. The zero-order valence-corrected chi connectivity index (χ0v) is 13.0. The number of nitriles is 1. The van der Waals surface area contributed by atoms with Gasteiger partial charge in [-0.25, -0.2) is 0 Å². The van der Waals surface area contributed by atoms with E-state index in [1.54, 1.807) is 0 Å². The molecule has 1 unspecified atom stereocenters. The van der Waals surface area contributed by atoms with Crippen LogP contribution in [0.4, 0.5) is 0 Å². The highest BCUT2D eigenvalue weighted by Gasteiger charge is 2.19. The Balaban J connectivity index is 2.14. The lowest BCUT2D eigenvalue weighted by molar-refractivity contribution is 0.439. The lowest BCUT2D eigenvalue weighted by Gasteiger charge is -2.20. The van der Waals surface area contributed by atoms with E-state index in [0.29, 0.717) is 0 Å². The van der Waals surface area contributed by atoms with E-state index in [1.807, 2.05) is 25.7 Å². The zero-order chi connectivity index (χ0) is 14.1. The number of unbranched alkanes of at least 4 members (excludes halogenated alkanes) is 1. The molecule has 0 saturated carbocycles. The number of thioether (sulfide) groups is 1. The molecule has 1 rings (SSSR count). The van der Waals surface area contributed by atoms with Crippen LogP contribution in [0.1, 0.15) is 37.3 Å². The maximum absolute atomic E-state index is 9.04. The molecular weight excluding hydrogens is 252 g/mol. The van der Waals surface area contributed by atoms with Gasteiger partial charge in [-0.15, -0.1) is 0 Å².